The molecule has 0 N–H and O–H groups in total. The van der Waals surface area contributed by atoms with Gasteiger partial charge in [-0.1, -0.05) is 298 Å². The van der Waals surface area contributed by atoms with Crippen LogP contribution in [0.5, 0.6) is 0 Å². The highest BCUT2D eigenvalue weighted by atomic mass is 16.6. The van der Waals surface area contributed by atoms with E-state index >= 15 is 0 Å². The van der Waals surface area contributed by atoms with Gasteiger partial charge in [0.1, 0.15) is 13.2 Å². The number of rotatable bonds is 59. The van der Waals surface area contributed by atoms with Gasteiger partial charge < -0.3 is 14.2 Å². The van der Waals surface area contributed by atoms with Gasteiger partial charge in [0.15, 0.2) is 6.10 Å². The zero-order valence-corrected chi connectivity index (χ0v) is 50.7. The van der Waals surface area contributed by atoms with Crippen molar-refractivity contribution in [2.24, 2.45) is 0 Å². The minimum Gasteiger partial charge on any atom is -0.462 e. The van der Waals surface area contributed by atoms with Crippen LogP contribution in [0.15, 0.2) is 97.2 Å². The number of esters is 3. The molecule has 0 aromatic carbocycles. The monoisotopic (exact) mass is 1070 g/mol. The minimum absolute atomic E-state index is 0.0892. The van der Waals surface area contributed by atoms with Crippen LogP contribution in [0.25, 0.3) is 0 Å². The molecule has 0 radical (unpaired) electrons. The topological polar surface area (TPSA) is 78.9 Å². The van der Waals surface area contributed by atoms with Crippen molar-refractivity contribution in [1.29, 1.82) is 0 Å². The van der Waals surface area contributed by atoms with Crippen molar-refractivity contribution in [3.05, 3.63) is 97.2 Å². The SMILES string of the molecule is CC/C=C\C/C=C\C/C=C\C/C=C\C/C=C\CCCCCCCC(=O)OC(COC(=O)CCCCCCC/C=C\C/C=C\C/C=C\CC)COC(=O)CCCCCCCCCCCCCCCCCCCCCCCCC. The third-order valence-electron chi connectivity index (χ3n) is 14.1. The Morgan fingerprint density at radius 3 is 0.792 bits per heavy atom. The lowest BCUT2D eigenvalue weighted by atomic mass is 10.0. The van der Waals surface area contributed by atoms with Crippen LogP contribution in [0, 0.1) is 0 Å². The molecule has 77 heavy (non-hydrogen) atoms. The zero-order chi connectivity index (χ0) is 55.7. The predicted molar refractivity (Wildman–Crippen MR) is 334 cm³/mol. The summed E-state index contributed by atoms with van der Waals surface area (Å²) >= 11 is 0. The Balaban J connectivity index is 4.38. The Kier molecular flexibility index (Phi) is 61.8. The molecule has 0 aromatic heterocycles. The lowest BCUT2D eigenvalue weighted by Crippen LogP contribution is -2.30. The normalized spacial score (nSPS) is 12.7. The number of allylic oxidation sites excluding steroid dienone is 16. The Morgan fingerprint density at radius 2 is 0.506 bits per heavy atom. The van der Waals surface area contributed by atoms with Crippen LogP contribution in [0.1, 0.15) is 316 Å². The molecular weight excluding hydrogens is 949 g/mol. The van der Waals surface area contributed by atoms with Gasteiger partial charge in [-0.15, -0.1) is 0 Å². The van der Waals surface area contributed by atoms with Gasteiger partial charge in [0.2, 0.25) is 0 Å². The van der Waals surface area contributed by atoms with Crippen LogP contribution in [0.3, 0.4) is 0 Å². The van der Waals surface area contributed by atoms with Gasteiger partial charge in [-0.2, -0.15) is 0 Å². The molecule has 0 spiro atoms. The van der Waals surface area contributed by atoms with Gasteiger partial charge in [0.05, 0.1) is 0 Å². The molecule has 0 saturated carbocycles. The van der Waals surface area contributed by atoms with E-state index in [0.29, 0.717) is 19.3 Å². The quantitative estimate of drug-likeness (QED) is 0.0261. The second-order valence-corrected chi connectivity index (χ2v) is 21.6. The largest absolute Gasteiger partial charge is 0.462 e. The molecule has 6 heteroatoms. The second kappa shape index (κ2) is 64.9. The molecule has 0 heterocycles. The molecule has 0 saturated heterocycles. The van der Waals surface area contributed by atoms with Gasteiger partial charge in [-0.05, 0) is 96.3 Å². The van der Waals surface area contributed by atoms with Gasteiger partial charge in [-0.25, -0.2) is 0 Å². The summed E-state index contributed by atoms with van der Waals surface area (Å²) in [7, 11) is 0. The molecule has 0 bridgehead atoms. The standard InChI is InChI=1S/C71H122O6/c1-4-7-10-13-16-19-22-25-28-30-32-34-35-37-38-40-43-46-49-52-55-58-61-64-70(73)76-67-68(66-75-69(72)63-60-57-54-51-48-45-42-27-24-21-18-15-12-9-6-3)77-71(74)65-62-59-56-53-50-47-44-41-39-36-33-31-29-26-23-20-17-14-11-8-5-2/h8-9,11-12,17-18,20-21,26-27,29,33,36,41-42,44,68H,4-7,10,13-16,19,22-25,28,30-32,34-35,37-40,43,45-67H2,1-3H3/b11-8-,12-9-,20-17-,21-18-,29-26-,36-33-,42-27-,44-41-. The number of carbonyl (C=O) groups is 3. The first kappa shape index (κ1) is 73.3. The first-order valence-corrected chi connectivity index (χ1v) is 32.7. The number of hydrogen-bond acceptors (Lipinski definition) is 6. The Bertz CT molecular complexity index is 1510. The molecule has 0 aromatic rings. The summed E-state index contributed by atoms with van der Waals surface area (Å²) in [6.45, 7) is 6.42. The number of unbranched alkanes of at least 4 members (excludes halogenated alkanes) is 32. The fraction of sp³-hybridized carbons (Fsp3) is 0.732. The average molecular weight is 1070 g/mol. The highest BCUT2D eigenvalue weighted by Gasteiger charge is 2.19. The molecular formula is C71H122O6. The van der Waals surface area contributed by atoms with Crippen LogP contribution in [0.4, 0.5) is 0 Å². The summed E-state index contributed by atoms with van der Waals surface area (Å²) in [5.74, 6) is -0.914. The lowest BCUT2D eigenvalue weighted by molar-refractivity contribution is -0.167. The van der Waals surface area contributed by atoms with Crippen molar-refractivity contribution >= 4 is 17.9 Å². The average Bonchev–Trinajstić information content (AvgIpc) is 3.43. The molecule has 0 aliphatic rings. The van der Waals surface area contributed by atoms with Crippen LogP contribution in [-0.4, -0.2) is 37.2 Å². The van der Waals surface area contributed by atoms with Crippen molar-refractivity contribution in [2.75, 3.05) is 13.2 Å². The first-order chi connectivity index (χ1) is 38.0. The minimum atomic E-state index is -0.797. The molecule has 1 atom stereocenters. The van der Waals surface area contributed by atoms with Crippen LogP contribution in [-0.2, 0) is 28.6 Å². The first-order valence-electron chi connectivity index (χ1n) is 32.7. The van der Waals surface area contributed by atoms with E-state index in [0.717, 1.165) is 148 Å². The second-order valence-electron chi connectivity index (χ2n) is 21.6. The summed E-state index contributed by atoms with van der Waals surface area (Å²) < 4.78 is 16.9. The van der Waals surface area contributed by atoms with Crippen molar-refractivity contribution in [3.63, 3.8) is 0 Å². The zero-order valence-electron chi connectivity index (χ0n) is 50.7. The summed E-state index contributed by atoms with van der Waals surface area (Å²) in [5.41, 5.74) is 0. The maximum absolute atomic E-state index is 12.9. The Hall–Kier alpha value is -3.67. The third-order valence-corrected chi connectivity index (χ3v) is 14.1. The Labute approximate surface area is 477 Å². The molecule has 0 amide bonds. The number of ether oxygens (including phenoxy) is 3. The molecule has 0 fully saturated rings. The molecule has 0 aliphatic heterocycles. The predicted octanol–water partition coefficient (Wildman–Crippen LogP) is 22.4. The van der Waals surface area contributed by atoms with E-state index in [9.17, 15) is 14.4 Å². The van der Waals surface area contributed by atoms with Crippen molar-refractivity contribution in [3.8, 4) is 0 Å². The lowest BCUT2D eigenvalue weighted by Gasteiger charge is -2.18. The van der Waals surface area contributed by atoms with Crippen molar-refractivity contribution in [2.45, 2.75) is 322 Å². The van der Waals surface area contributed by atoms with Gasteiger partial charge in [0, 0.05) is 19.3 Å². The molecule has 6 nitrogen and oxygen atoms in total. The van der Waals surface area contributed by atoms with E-state index in [2.05, 4.69) is 118 Å². The molecule has 442 valence electrons. The van der Waals surface area contributed by atoms with Crippen LogP contribution in [0.2, 0.25) is 0 Å². The molecule has 0 aliphatic carbocycles. The van der Waals surface area contributed by atoms with E-state index in [1.54, 1.807) is 0 Å². The molecule has 0 rings (SSSR count). The van der Waals surface area contributed by atoms with Gasteiger partial charge in [-0.3, -0.25) is 14.4 Å². The van der Waals surface area contributed by atoms with Gasteiger partial charge in [0.25, 0.3) is 0 Å². The number of carbonyl (C=O) groups excluding carboxylic acids is 3. The summed E-state index contributed by atoms with van der Waals surface area (Å²) in [4.78, 5) is 38.4. The fourth-order valence-electron chi connectivity index (χ4n) is 9.25. The summed E-state index contributed by atoms with van der Waals surface area (Å²) in [6, 6.07) is 0. The van der Waals surface area contributed by atoms with E-state index in [4.69, 9.17) is 14.2 Å². The van der Waals surface area contributed by atoms with E-state index in [1.165, 1.54) is 128 Å². The van der Waals surface area contributed by atoms with Crippen molar-refractivity contribution in [1.82, 2.24) is 0 Å². The third kappa shape index (κ3) is 63.0. The Morgan fingerprint density at radius 1 is 0.273 bits per heavy atom. The van der Waals surface area contributed by atoms with Crippen LogP contribution >= 0.6 is 0 Å². The van der Waals surface area contributed by atoms with E-state index in [1.807, 2.05) is 0 Å². The summed E-state index contributed by atoms with van der Waals surface area (Å²) in [6.07, 6.45) is 87.0. The highest BCUT2D eigenvalue weighted by Crippen LogP contribution is 2.17. The smallest absolute Gasteiger partial charge is 0.306 e. The molecule has 1 unspecified atom stereocenters. The van der Waals surface area contributed by atoms with Crippen LogP contribution < -0.4 is 0 Å². The number of hydrogen-bond donors (Lipinski definition) is 0. The van der Waals surface area contributed by atoms with Crippen molar-refractivity contribution < 1.29 is 28.6 Å². The van der Waals surface area contributed by atoms with Gasteiger partial charge >= 0.3 is 17.9 Å². The van der Waals surface area contributed by atoms with E-state index in [-0.39, 0.29) is 31.1 Å². The van der Waals surface area contributed by atoms with E-state index < -0.39 is 6.10 Å². The maximum atomic E-state index is 12.9. The highest BCUT2D eigenvalue weighted by molar-refractivity contribution is 5.71. The maximum Gasteiger partial charge on any atom is 0.306 e. The fourth-order valence-corrected chi connectivity index (χ4v) is 9.25. The summed E-state index contributed by atoms with van der Waals surface area (Å²) in [5, 5.41) is 0.